The van der Waals surface area contributed by atoms with E-state index in [9.17, 15) is 0 Å². The molecule has 0 spiro atoms. The van der Waals surface area contributed by atoms with E-state index < -0.39 is 0 Å². The molecule has 1 aliphatic heterocycles. The maximum atomic E-state index is 6.49. The number of nitrogens with two attached hydrogens (primary N) is 1. The lowest BCUT2D eigenvalue weighted by Crippen LogP contribution is -2.56. The quantitative estimate of drug-likeness (QED) is 0.895. The van der Waals surface area contributed by atoms with Crippen LogP contribution < -0.4 is 5.73 Å². The van der Waals surface area contributed by atoms with Crippen molar-refractivity contribution < 1.29 is 4.74 Å². The van der Waals surface area contributed by atoms with Crippen LogP contribution in [0.1, 0.15) is 31.2 Å². The van der Waals surface area contributed by atoms with E-state index in [1.54, 1.807) is 11.3 Å². The molecule has 1 aliphatic rings. The molecule has 96 valence electrons. The summed E-state index contributed by atoms with van der Waals surface area (Å²) >= 11 is 1.75. The van der Waals surface area contributed by atoms with Gasteiger partial charge in [-0.25, -0.2) is 0 Å². The van der Waals surface area contributed by atoms with Crippen molar-refractivity contribution in [2.24, 2.45) is 5.73 Å². The van der Waals surface area contributed by atoms with Crippen LogP contribution in [-0.4, -0.2) is 36.7 Å². The fourth-order valence-electron chi connectivity index (χ4n) is 2.49. The first kappa shape index (κ1) is 13.0. The highest BCUT2D eigenvalue weighted by molar-refractivity contribution is 7.10. The predicted octanol–water partition coefficient (Wildman–Crippen LogP) is 2.25. The van der Waals surface area contributed by atoms with Crippen LogP contribution in [0.2, 0.25) is 0 Å². The summed E-state index contributed by atoms with van der Waals surface area (Å²) in [7, 11) is 0. The van der Waals surface area contributed by atoms with Gasteiger partial charge in [-0.1, -0.05) is 13.0 Å². The largest absolute Gasteiger partial charge is 0.379 e. The Labute approximate surface area is 108 Å². The Balaban J connectivity index is 2.17. The van der Waals surface area contributed by atoms with Gasteiger partial charge in [0, 0.05) is 23.5 Å². The molecule has 0 bridgehead atoms. The first-order chi connectivity index (χ1) is 8.18. The van der Waals surface area contributed by atoms with Crippen molar-refractivity contribution in [3.8, 4) is 0 Å². The zero-order valence-corrected chi connectivity index (χ0v) is 11.5. The van der Waals surface area contributed by atoms with Gasteiger partial charge >= 0.3 is 0 Å². The molecular formula is C13H22N2OS. The number of rotatable bonds is 4. The molecule has 0 aliphatic carbocycles. The van der Waals surface area contributed by atoms with Crippen LogP contribution in [0.5, 0.6) is 0 Å². The van der Waals surface area contributed by atoms with E-state index in [0.717, 1.165) is 32.7 Å². The van der Waals surface area contributed by atoms with Crippen molar-refractivity contribution in [2.75, 3.05) is 26.3 Å². The van der Waals surface area contributed by atoms with Gasteiger partial charge in [0.05, 0.1) is 19.3 Å². The molecule has 1 aromatic rings. The van der Waals surface area contributed by atoms with Gasteiger partial charge in [-0.3, -0.25) is 4.90 Å². The highest BCUT2D eigenvalue weighted by atomic mass is 32.1. The van der Waals surface area contributed by atoms with E-state index in [1.165, 1.54) is 4.88 Å². The molecule has 17 heavy (non-hydrogen) atoms. The Bertz CT molecular complexity index is 335. The monoisotopic (exact) mass is 254 g/mol. The van der Waals surface area contributed by atoms with Crippen LogP contribution in [-0.2, 0) is 4.74 Å². The summed E-state index contributed by atoms with van der Waals surface area (Å²) < 4.78 is 5.43. The molecular weight excluding hydrogens is 232 g/mol. The third-order valence-electron chi connectivity index (χ3n) is 3.97. The van der Waals surface area contributed by atoms with Crippen molar-refractivity contribution in [2.45, 2.75) is 31.8 Å². The summed E-state index contributed by atoms with van der Waals surface area (Å²) in [5, 5.41) is 2.10. The average Bonchev–Trinajstić information content (AvgIpc) is 2.92. The van der Waals surface area contributed by atoms with E-state index in [0.29, 0.717) is 0 Å². The van der Waals surface area contributed by atoms with Crippen molar-refractivity contribution in [1.29, 1.82) is 0 Å². The van der Waals surface area contributed by atoms with Crippen molar-refractivity contribution in [3.63, 3.8) is 0 Å². The van der Waals surface area contributed by atoms with E-state index in [2.05, 4.69) is 36.3 Å². The lowest BCUT2D eigenvalue weighted by molar-refractivity contribution is -0.0273. The summed E-state index contributed by atoms with van der Waals surface area (Å²) in [6, 6.07) is 4.31. The van der Waals surface area contributed by atoms with E-state index in [4.69, 9.17) is 10.5 Å². The molecule has 1 saturated heterocycles. The molecule has 2 unspecified atom stereocenters. The van der Waals surface area contributed by atoms with Gasteiger partial charge in [0.2, 0.25) is 0 Å². The van der Waals surface area contributed by atoms with E-state index in [-0.39, 0.29) is 11.6 Å². The third-order valence-corrected chi connectivity index (χ3v) is 4.92. The topological polar surface area (TPSA) is 38.5 Å². The Hall–Kier alpha value is -0.420. The maximum Gasteiger partial charge on any atom is 0.0594 e. The van der Waals surface area contributed by atoms with Crippen LogP contribution in [0.4, 0.5) is 0 Å². The van der Waals surface area contributed by atoms with Gasteiger partial charge in [-0.15, -0.1) is 11.3 Å². The summed E-state index contributed by atoms with van der Waals surface area (Å²) in [5.74, 6) is 0. The van der Waals surface area contributed by atoms with Crippen molar-refractivity contribution >= 4 is 11.3 Å². The molecule has 0 aromatic carbocycles. The van der Waals surface area contributed by atoms with Gasteiger partial charge in [0.1, 0.15) is 0 Å². The smallest absolute Gasteiger partial charge is 0.0594 e. The molecule has 1 fully saturated rings. The summed E-state index contributed by atoms with van der Waals surface area (Å²) in [5.41, 5.74) is 6.52. The van der Waals surface area contributed by atoms with Crippen LogP contribution in [0, 0.1) is 0 Å². The minimum Gasteiger partial charge on any atom is -0.379 e. The SMILES string of the molecule is CCC(C)(C(N)c1cccs1)N1CCOCC1. The number of morpholine rings is 1. The molecule has 2 heterocycles. The third kappa shape index (κ3) is 2.55. The highest BCUT2D eigenvalue weighted by Crippen LogP contribution is 2.34. The lowest BCUT2D eigenvalue weighted by Gasteiger charge is -2.46. The molecule has 2 rings (SSSR count). The maximum absolute atomic E-state index is 6.49. The van der Waals surface area contributed by atoms with Crippen LogP contribution in [0.3, 0.4) is 0 Å². The number of thiophene rings is 1. The molecule has 0 radical (unpaired) electrons. The number of hydrogen-bond acceptors (Lipinski definition) is 4. The first-order valence-electron chi connectivity index (χ1n) is 6.30. The first-order valence-corrected chi connectivity index (χ1v) is 7.18. The second kappa shape index (κ2) is 5.48. The molecule has 4 heteroatoms. The van der Waals surface area contributed by atoms with Gasteiger partial charge < -0.3 is 10.5 Å². The molecule has 1 aromatic heterocycles. The van der Waals surface area contributed by atoms with E-state index in [1.807, 2.05) is 0 Å². The number of nitrogens with zero attached hydrogens (tertiary/aromatic N) is 1. The highest BCUT2D eigenvalue weighted by Gasteiger charge is 2.38. The average molecular weight is 254 g/mol. The molecule has 2 N–H and O–H groups in total. The molecule has 3 nitrogen and oxygen atoms in total. The van der Waals surface area contributed by atoms with Gasteiger partial charge in [0.15, 0.2) is 0 Å². The predicted molar refractivity (Wildman–Crippen MR) is 72.3 cm³/mol. The summed E-state index contributed by atoms with van der Waals surface area (Å²) in [6.07, 6.45) is 1.06. The number of hydrogen-bond donors (Lipinski definition) is 1. The lowest BCUT2D eigenvalue weighted by atomic mass is 9.86. The van der Waals surface area contributed by atoms with Crippen LogP contribution in [0.15, 0.2) is 17.5 Å². The molecule has 2 atom stereocenters. The van der Waals surface area contributed by atoms with Crippen molar-refractivity contribution in [1.82, 2.24) is 4.90 Å². The van der Waals surface area contributed by atoms with Crippen LogP contribution in [0.25, 0.3) is 0 Å². The summed E-state index contributed by atoms with van der Waals surface area (Å²) in [6.45, 7) is 8.14. The van der Waals surface area contributed by atoms with Gasteiger partial charge in [-0.2, -0.15) is 0 Å². The second-order valence-corrected chi connectivity index (χ2v) is 5.78. The van der Waals surface area contributed by atoms with Crippen molar-refractivity contribution in [3.05, 3.63) is 22.4 Å². The fraction of sp³-hybridized carbons (Fsp3) is 0.692. The Morgan fingerprint density at radius 1 is 1.53 bits per heavy atom. The standard InChI is InChI=1S/C13H22N2OS/c1-3-13(2,15-6-8-16-9-7-15)12(14)11-5-4-10-17-11/h4-5,10,12H,3,6-9,14H2,1-2H3. The minimum atomic E-state index is 0.0363. The van der Waals surface area contributed by atoms with Gasteiger partial charge in [0.25, 0.3) is 0 Å². The second-order valence-electron chi connectivity index (χ2n) is 4.80. The summed E-state index contributed by atoms with van der Waals surface area (Å²) in [4.78, 5) is 3.77. The minimum absolute atomic E-state index is 0.0363. The Morgan fingerprint density at radius 2 is 2.24 bits per heavy atom. The Morgan fingerprint density at radius 3 is 2.76 bits per heavy atom. The van der Waals surface area contributed by atoms with Crippen LogP contribution >= 0.6 is 11.3 Å². The molecule has 0 saturated carbocycles. The van der Waals surface area contributed by atoms with E-state index >= 15 is 0 Å². The Kier molecular flexibility index (Phi) is 4.20. The van der Waals surface area contributed by atoms with Gasteiger partial charge in [-0.05, 0) is 24.8 Å². The zero-order valence-electron chi connectivity index (χ0n) is 10.7. The fourth-order valence-corrected chi connectivity index (χ4v) is 3.36. The molecule has 0 amide bonds. The zero-order chi connectivity index (χ0) is 12.3. The number of ether oxygens (including phenoxy) is 1. The normalized spacial score (nSPS) is 23.2.